The molecule has 4 unspecified atom stereocenters. The maximum Gasteiger partial charge on any atom is 0.416 e. The van der Waals surface area contributed by atoms with Gasteiger partial charge in [0, 0.05) is 31.6 Å². The highest BCUT2D eigenvalue weighted by atomic mass is 19.1. The minimum Gasteiger partial charge on any atom is -0.483 e. The summed E-state index contributed by atoms with van der Waals surface area (Å²) in [7, 11) is 0. The minimum absolute atomic E-state index is 0.0600. The van der Waals surface area contributed by atoms with Crippen molar-refractivity contribution in [2.24, 2.45) is 23.3 Å². The number of benzene rings is 1. The molecule has 2 saturated heterocycles. The summed E-state index contributed by atoms with van der Waals surface area (Å²) in [5.74, 6) is 2.08. The summed E-state index contributed by atoms with van der Waals surface area (Å²) in [5, 5.41) is 28.4. The topological polar surface area (TPSA) is 312 Å². The molecule has 4 amide bonds. The van der Waals surface area contributed by atoms with Crippen LogP contribution in [0.25, 0.3) is 0 Å². The number of carboxylic acid groups (broad SMARTS) is 1. The first kappa shape index (κ1) is 49.9. The Bertz CT molecular complexity index is 2710. The molecule has 0 saturated carbocycles. The molecule has 3 aromatic heterocycles. The molecule has 7 heterocycles. The Morgan fingerprint density at radius 3 is 1.82 bits per heavy atom. The van der Waals surface area contributed by atoms with Crippen LogP contribution in [0.3, 0.4) is 0 Å². The number of amides is 4. The van der Waals surface area contributed by atoms with Crippen LogP contribution in [0.15, 0.2) is 48.7 Å². The molecule has 10 rings (SSSR count). The molecule has 9 N–H and O–H groups in total. The lowest BCUT2D eigenvalue weighted by Gasteiger charge is -2.25. The van der Waals surface area contributed by atoms with Crippen LogP contribution in [0.4, 0.5) is 37.3 Å². The first-order valence-corrected chi connectivity index (χ1v) is 23.2. The summed E-state index contributed by atoms with van der Waals surface area (Å²) < 4.78 is 36.1. The number of halogens is 1. The van der Waals surface area contributed by atoms with Gasteiger partial charge in [-0.25, -0.2) is 23.9 Å². The number of hydrogen-bond donors (Lipinski definition) is 7. The van der Waals surface area contributed by atoms with E-state index in [1.807, 2.05) is 19.1 Å². The smallest absolute Gasteiger partial charge is 0.416 e. The fourth-order valence-electron chi connectivity index (χ4n) is 9.67. The second-order valence-electron chi connectivity index (χ2n) is 18.2. The van der Waals surface area contributed by atoms with Gasteiger partial charge in [-0.05, 0) is 123 Å². The van der Waals surface area contributed by atoms with Crippen LogP contribution in [0, 0.1) is 35.9 Å². The normalized spacial score (nSPS) is 22.3. The van der Waals surface area contributed by atoms with E-state index >= 15 is 0 Å². The van der Waals surface area contributed by atoms with Gasteiger partial charge in [0.05, 0.1) is 30.9 Å². The van der Waals surface area contributed by atoms with Crippen LogP contribution < -0.4 is 52.0 Å². The molecule has 0 bridgehead atoms. The number of cyclic esters (lactones) is 2. The van der Waals surface area contributed by atoms with Gasteiger partial charge in [0.2, 0.25) is 0 Å². The van der Waals surface area contributed by atoms with Crippen LogP contribution in [-0.4, -0.2) is 127 Å². The third kappa shape index (κ3) is 11.1. The third-order valence-electron chi connectivity index (χ3n) is 13.4. The van der Waals surface area contributed by atoms with Gasteiger partial charge in [0.25, 0.3) is 18.3 Å². The molecule has 4 atom stereocenters. The van der Waals surface area contributed by atoms with Gasteiger partial charge < -0.3 is 56.8 Å². The molecule has 71 heavy (non-hydrogen) atoms. The molecule has 6 aliphatic rings. The first-order valence-electron chi connectivity index (χ1n) is 23.2. The highest BCUT2D eigenvalue weighted by Crippen LogP contribution is 2.36. The number of nitrogens with two attached hydrogens (primary N) is 2. The number of aromatic nitrogens is 3. The number of ether oxygens (including phenoxy) is 4. The molecular weight excluding hydrogens is 924 g/mol. The van der Waals surface area contributed by atoms with E-state index in [1.165, 1.54) is 21.6 Å². The number of aryl methyl sites for hydroxylation is 1. The average molecular weight is 979 g/mol. The third-order valence-corrected chi connectivity index (χ3v) is 13.4. The maximum absolute atomic E-state index is 14.1. The monoisotopic (exact) mass is 978 g/mol. The Balaban J connectivity index is 0.000000181. The standard InChI is InChI=1S/C24H26N6O4.C23H27FN6O4.CH2O2/c25-10-17-3-1-2-16-8-15(9-18(16)17)11-27-7-6-24(13-26)14-30(23(32)34-24)20-5-4-19-22(28-20)29-21(31)12-33-19;1-13-15-6-14(7-16(15)17(24)9-27-13)8-26-5-4-23(11-25)12-30(22(32)34-23)19-3-2-18-21(28-19)29-20(31)10-33-18;2-1-3/h1-5,15,27H,6-9,11-14,26H2,(H,28,29,31);2-3,9,14,26H,4-8,10-12,25H2,1H3,(H,28,29,31);1H,(H,2,3). The maximum atomic E-state index is 14.1. The number of rotatable bonds is 14. The van der Waals surface area contributed by atoms with Crippen molar-refractivity contribution in [1.29, 1.82) is 5.26 Å². The Morgan fingerprint density at radius 1 is 0.803 bits per heavy atom. The van der Waals surface area contributed by atoms with Crippen LogP contribution in [0.1, 0.15) is 46.4 Å². The number of anilines is 4. The van der Waals surface area contributed by atoms with Gasteiger partial charge >= 0.3 is 12.2 Å². The summed E-state index contributed by atoms with van der Waals surface area (Å²) in [6.45, 7) is 5.15. The van der Waals surface area contributed by atoms with Crippen LogP contribution >= 0.6 is 0 Å². The largest absolute Gasteiger partial charge is 0.483 e. The number of carbonyl (C=O) groups is 5. The van der Waals surface area contributed by atoms with Gasteiger partial charge in [-0.1, -0.05) is 12.1 Å². The SMILES string of the molecule is Cc1ncc(F)c2c1CC(CNCCC1(CN)CN(c3ccc4c(n3)NC(=O)CO4)C(=O)O1)C2.N#Cc1cccc2c1CC(CNCCC1(CN)CN(c3ccc4c(n3)NC(=O)CO4)C(=O)O1)C2.O=CO. The Kier molecular flexibility index (Phi) is 15.2. The van der Waals surface area contributed by atoms with Crippen molar-refractivity contribution >= 4 is 53.7 Å². The van der Waals surface area contributed by atoms with Crippen molar-refractivity contribution in [1.82, 2.24) is 25.6 Å². The van der Waals surface area contributed by atoms with E-state index in [9.17, 15) is 28.8 Å². The van der Waals surface area contributed by atoms with E-state index in [0.717, 1.165) is 60.3 Å². The lowest BCUT2D eigenvalue weighted by Crippen LogP contribution is -2.44. The molecule has 374 valence electrons. The molecule has 0 spiro atoms. The predicted octanol–water partition coefficient (Wildman–Crippen LogP) is 2.34. The summed E-state index contributed by atoms with van der Waals surface area (Å²) in [6.07, 6.45) is 4.65. The summed E-state index contributed by atoms with van der Waals surface area (Å²) >= 11 is 0. The molecule has 1 aromatic carbocycles. The Morgan fingerprint density at radius 2 is 1.31 bits per heavy atom. The number of nitriles is 1. The molecular formula is C48H55FN12O10. The Labute approximate surface area is 407 Å². The summed E-state index contributed by atoms with van der Waals surface area (Å²) in [5.41, 5.74) is 16.2. The van der Waals surface area contributed by atoms with Crippen molar-refractivity contribution in [3.05, 3.63) is 88.0 Å². The molecule has 23 heteroatoms. The molecule has 22 nitrogen and oxygen atoms in total. The second kappa shape index (κ2) is 21.6. The Hall–Kier alpha value is -7.52. The van der Waals surface area contributed by atoms with Gasteiger partial charge in [-0.2, -0.15) is 5.26 Å². The number of hydrogen-bond acceptors (Lipinski definition) is 17. The van der Waals surface area contributed by atoms with Crippen molar-refractivity contribution < 1.29 is 52.4 Å². The van der Waals surface area contributed by atoms with Crippen LogP contribution in [0.5, 0.6) is 11.5 Å². The van der Waals surface area contributed by atoms with E-state index in [4.69, 9.17) is 40.3 Å². The fourth-order valence-corrected chi connectivity index (χ4v) is 9.67. The molecule has 4 aromatic rings. The number of nitrogens with one attached hydrogen (secondary N) is 4. The first-order chi connectivity index (χ1) is 34.3. The number of nitrogens with zero attached hydrogens (tertiary/aromatic N) is 6. The van der Waals surface area contributed by atoms with E-state index < -0.39 is 23.4 Å². The molecule has 4 aliphatic heterocycles. The zero-order valence-electron chi connectivity index (χ0n) is 39.0. The average Bonchev–Trinajstić information content (AvgIpc) is 4.16. The number of pyridine rings is 3. The highest BCUT2D eigenvalue weighted by Gasteiger charge is 2.47. The van der Waals surface area contributed by atoms with E-state index in [1.54, 1.807) is 24.3 Å². The fraction of sp³-hybridized carbons (Fsp3) is 0.438. The molecule has 2 fully saturated rings. The second-order valence-corrected chi connectivity index (χ2v) is 18.2. The summed E-state index contributed by atoms with van der Waals surface area (Å²) in [6, 6.07) is 14.8. The minimum atomic E-state index is -0.854. The predicted molar refractivity (Wildman–Crippen MR) is 253 cm³/mol. The quantitative estimate of drug-likeness (QED) is 0.0704. The summed E-state index contributed by atoms with van der Waals surface area (Å²) in [4.78, 5) is 72.5. The van der Waals surface area contributed by atoms with Crippen molar-refractivity contribution in [2.75, 3.05) is 86.0 Å². The molecule has 0 radical (unpaired) electrons. The number of fused-ring (bicyclic) bond motifs is 4. The van der Waals surface area contributed by atoms with Crippen molar-refractivity contribution in [3.63, 3.8) is 0 Å². The van der Waals surface area contributed by atoms with Crippen LogP contribution in [0.2, 0.25) is 0 Å². The van der Waals surface area contributed by atoms with E-state index in [-0.39, 0.29) is 75.1 Å². The lowest BCUT2D eigenvalue weighted by atomic mass is 9.99. The van der Waals surface area contributed by atoms with Gasteiger partial charge in [-0.15, -0.1) is 0 Å². The van der Waals surface area contributed by atoms with E-state index in [0.29, 0.717) is 67.3 Å². The van der Waals surface area contributed by atoms with Gasteiger partial charge in [0.15, 0.2) is 36.3 Å². The number of carbonyl (C=O) groups excluding carboxylic acids is 4. The van der Waals surface area contributed by atoms with E-state index in [2.05, 4.69) is 48.4 Å². The molecule has 2 aliphatic carbocycles. The van der Waals surface area contributed by atoms with Crippen molar-refractivity contribution in [2.45, 2.75) is 56.7 Å². The zero-order valence-corrected chi connectivity index (χ0v) is 39.0. The zero-order chi connectivity index (χ0) is 50.3. The lowest BCUT2D eigenvalue weighted by molar-refractivity contribution is -0.123. The highest BCUT2D eigenvalue weighted by molar-refractivity contribution is 5.96. The van der Waals surface area contributed by atoms with Crippen LogP contribution in [-0.2, 0) is 49.5 Å². The van der Waals surface area contributed by atoms with Crippen molar-refractivity contribution in [3.8, 4) is 17.6 Å². The van der Waals surface area contributed by atoms with Gasteiger partial charge in [-0.3, -0.25) is 29.2 Å². The van der Waals surface area contributed by atoms with Gasteiger partial charge in [0.1, 0.15) is 28.7 Å².